The van der Waals surface area contributed by atoms with E-state index in [2.05, 4.69) is 41.9 Å². The summed E-state index contributed by atoms with van der Waals surface area (Å²) < 4.78 is 24.4. The summed E-state index contributed by atoms with van der Waals surface area (Å²) in [6.45, 7) is 7.53. The van der Waals surface area contributed by atoms with E-state index in [1.807, 2.05) is 31.2 Å². The molecule has 0 spiro atoms. The van der Waals surface area contributed by atoms with Crippen molar-refractivity contribution in [2.45, 2.75) is 46.2 Å². The zero-order valence-electron chi connectivity index (χ0n) is 23.5. The maximum Gasteiger partial charge on any atom is 0.252 e. The van der Waals surface area contributed by atoms with Crippen LogP contribution in [0.1, 0.15) is 53.1 Å². The molecule has 1 atom stereocenters. The van der Waals surface area contributed by atoms with E-state index < -0.39 is 0 Å². The molecule has 4 aromatic rings. The van der Waals surface area contributed by atoms with Gasteiger partial charge in [0.2, 0.25) is 5.75 Å². The number of ether oxygens (including phenoxy) is 4. The van der Waals surface area contributed by atoms with E-state index >= 15 is 0 Å². The summed E-state index contributed by atoms with van der Waals surface area (Å²) in [6.07, 6.45) is 1.80. The number of aryl methyl sites for hydroxylation is 3. The largest absolute Gasteiger partial charge is 0.494 e. The summed E-state index contributed by atoms with van der Waals surface area (Å²) >= 11 is 0. The minimum absolute atomic E-state index is 0.262. The molecule has 8 heteroatoms. The highest BCUT2D eigenvalue weighted by molar-refractivity contribution is 5.96. The SMILES string of the molecule is COc1cc(C(=O)NC(C)c2nc3ccccc3n2CCCCOc2ccc(C)c(C)c2)cc(OC)c1OC. The van der Waals surface area contributed by atoms with Crippen LogP contribution in [-0.2, 0) is 6.54 Å². The quantitative estimate of drug-likeness (QED) is 0.225. The lowest BCUT2D eigenvalue weighted by Crippen LogP contribution is -2.29. The Morgan fingerprint density at radius 2 is 1.64 bits per heavy atom. The maximum atomic E-state index is 13.3. The number of methoxy groups -OCH3 is 3. The van der Waals surface area contributed by atoms with E-state index in [4.69, 9.17) is 23.9 Å². The number of aromatic nitrogens is 2. The average molecular weight is 532 g/mol. The molecule has 0 saturated heterocycles. The van der Waals surface area contributed by atoms with Crippen molar-refractivity contribution < 1.29 is 23.7 Å². The van der Waals surface area contributed by atoms with E-state index in [0.717, 1.165) is 42.0 Å². The number of carbonyl (C=O) groups is 1. The molecule has 3 aromatic carbocycles. The number of amides is 1. The third-order valence-corrected chi connectivity index (χ3v) is 6.87. The first-order chi connectivity index (χ1) is 18.9. The molecular formula is C31H37N3O5. The zero-order chi connectivity index (χ0) is 27.9. The highest BCUT2D eigenvalue weighted by Gasteiger charge is 2.22. The van der Waals surface area contributed by atoms with Gasteiger partial charge in [0, 0.05) is 12.1 Å². The van der Waals surface area contributed by atoms with Crippen LogP contribution in [0.3, 0.4) is 0 Å². The number of hydrogen-bond donors (Lipinski definition) is 1. The lowest BCUT2D eigenvalue weighted by Gasteiger charge is -2.18. The van der Waals surface area contributed by atoms with Crippen LogP contribution in [0.4, 0.5) is 0 Å². The second-order valence-electron chi connectivity index (χ2n) is 9.52. The van der Waals surface area contributed by atoms with Crippen molar-refractivity contribution in [3.63, 3.8) is 0 Å². The Morgan fingerprint density at radius 3 is 2.31 bits per heavy atom. The molecule has 1 N–H and O–H groups in total. The van der Waals surface area contributed by atoms with Gasteiger partial charge in [-0.15, -0.1) is 0 Å². The number of para-hydroxylation sites is 2. The Labute approximate surface area is 229 Å². The van der Waals surface area contributed by atoms with E-state index in [1.165, 1.54) is 32.5 Å². The first kappa shape index (κ1) is 27.8. The Bertz CT molecular complexity index is 1420. The van der Waals surface area contributed by atoms with Crippen molar-refractivity contribution in [3.05, 3.63) is 77.1 Å². The van der Waals surface area contributed by atoms with Crippen LogP contribution in [0.25, 0.3) is 11.0 Å². The number of imidazole rings is 1. The Hall–Kier alpha value is -4.20. The van der Waals surface area contributed by atoms with Gasteiger partial charge in [-0.25, -0.2) is 4.98 Å². The molecule has 1 heterocycles. The van der Waals surface area contributed by atoms with Gasteiger partial charge in [0.15, 0.2) is 11.5 Å². The number of nitrogens with one attached hydrogen (secondary N) is 1. The van der Waals surface area contributed by atoms with Gasteiger partial charge < -0.3 is 28.8 Å². The van der Waals surface area contributed by atoms with Crippen LogP contribution in [0.2, 0.25) is 0 Å². The molecule has 39 heavy (non-hydrogen) atoms. The van der Waals surface area contributed by atoms with Crippen molar-refractivity contribution in [1.29, 1.82) is 0 Å². The number of unbranched alkanes of at least 4 members (excludes halogenated alkanes) is 1. The highest BCUT2D eigenvalue weighted by atomic mass is 16.5. The normalized spacial score (nSPS) is 11.7. The fourth-order valence-electron chi connectivity index (χ4n) is 4.58. The fourth-order valence-corrected chi connectivity index (χ4v) is 4.58. The molecule has 4 rings (SSSR count). The van der Waals surface area contributed by atoms with E-state index in [0.29, 0.717) is 29.4 Å². The summed E-state index contributed by atoms with van der Waals surface area (Å²) in [5.41, 5.74) is 4.82. The van der Waals surface area contributed by atoms with E-state index in [1.54, 1.807) is 12.1 Å². The molecule has 1 amide bonds. The minimum Gasteiger partial charge on any atom is -0.494 e. The molecule has 0 radical (unpaired) electrons. The van der Waals surface area contributed by atoms with Crippen molar-refractivity contribution in [2.75, 3.05) is 27.9 Å². The molecule has 0 bridgehead atoms. The minimum atomic E-state index is -0.337. The molecule has 0 fully saturated rings. The average Bonchev–Trinajstić information content (AvgIpc) is 3.32. The van der Waals surface area contributed by atoms with Gasteiger partial charge in [-0.05, 0) is 81.1 Å². The standard InChI is InChI=1S/C31H37N3O5/c1-20-13-14-24(17-21(20)2)39-16-10-9-15-34-26-12-8-7-11-25(26)33-30(34)22(3)32-31(35)23-18-27(36-4)29(38-6)28(19-23)37-5/h7-8,11-14,17-19,22H,9-10,15-16H2,1-6H3,(H,32,35). The summed E-state index contributed by atoms with van der Waals surface area (Å²) in [5.74, 6) is 2.71. The van der Waals surface area contributed by atoms with E-state index in [-0.39, 0.29) is 11.9 Å². The molecule has 0 aliphatic heterocycles. The number of benzene rings is 3. The Balaban J connectivity index is 1.46. The first-order valence-corrected chi connectivity index (χ1v) is 13.1. The summed E-state index contributed by atoms with van der Waals surface area (Å²) in [5, 5.41) is 3.09. The summed E-state index contributed by atoms with van der Waals surface area (Å²) in [4.78, 5) is 18.1. The van der Waals surface area contributed by atoms with E-state index in [9.17, 15) is 4.79 Å². The van der Waals surface area contributed by atoms with Crippen LogP contribution in [-0.4, -0.2) is 43.4 Å². The molecule has 1 aromatic heterocycles. The van der Waals surface area contributed by atoms with Crippen molar-refractivity contribution in [2.24, 2.45) is 0 Å². The molecular weight excluding hydrogens is 494 g/mol. The van der Waals surface area contributed by atoms with Crippen LogP contribution < -0.4 is 24.3 Å². The van der Waals surface area contributed by atoms with Gasteiger partial charge in [0.25, 0.3) is 5.91 Å². The molecule has 0 saturated carbocycles. The first-order valence-electron chi connectivity index (χ1n) is 13.1. The van der Waals surface area contributed by atoms with Crippen LogP contribution in [0.15, 0.2) is 54.6 Å². The van der Waals surface area contributed by atoms with Gasteiger partial charge in [0.1, 0.15) is 11.6 Å². The zero-order valence-corrected chi connectivity index (χ0v) is 23.5. The predicted octanol–water partition coefficient (Wildman–Crippen LogP) is 6.03. The summed E-state index contributed by atoms with van der Waals surface area (Å²) in [6, 6.07) is 17.2. The molecule has 8 nitrogen and oxygen atoms in total. The maximum absolute atomic E-state index is 13.3. The lowest BCUT2D eigenvalue weighted by atomic mass is 10.1. The van der Waals surface area contributed by atoms with Gasteiger partial charge >= 0.3 is 0 Å². The second-order valence-corrected chi connectivity index (χ2v) is 9.52. The molecule has 1 unspecified atom stereocenters. The van der Waals surface area contributed by atoms with Crippen LogP contribution >= 0.6 is 0 Å². The second kappa shape index (κ2) is 12.6. The topological polar surface area (TPSA) is 83.8 Å². The van der Waals surface area contributed by atoms with Gasteiger partial charge in [0.05, 0.1) is 45.0 Å². The van der Waals surface area contributed by atoms with Gasteiger partial charge in [-0.2, -0.15) is 0 Å². The third kappa shape index (κ3) is 6.28. The lowest BCUT2D eigenvalue weighted by molar-refractivity contribution is 0.0936. The third-order valence-electron chi connectivity index (χ3n) is 6.87. The summed E-state index contributed by atoms with van der Waals surface area (Å²) in [7, 11) is 4.58. The van der Waals surface area contributed by atoms with Crippen molar-refractivity contribution in [1.82, 2.24) is 14.9 Å². The van der Waals surface area contributed by atoms with Crippen LogP contribution in [0, 0.1) is 13.8 Å². The smallest absolute Gasteiger partial charge is 0.252 e. The fraction of sp³-hybridized carbons (Fsp3) is 0.355. The number of rotatable bonds is 12. The molecule has 206 valence electrons. The van der Waals surface area contributed by atoms with Crippen molar-refractivity contribution in [3.8, 4) is 23.0 Å². The number of hydrogen-bond acceptors (Lipinski definition) is 6. The predicted molar refractivity (Wildman–Crippen MR) is 152 cm³/mol. The Morgan fingerprint density at radius 1 is 0.923 bits per heavy atom. The number of nitrogens with zero attached hydrogens (tertiary/aromatic N) is 2. The molecule has 0 aliphatic rings. The number of carbonyl (C=O) groups excluding carboxylic acids is 1. The van der Waals surface area contributed by atoms with Gasteiger partial charge in [-0.3, -0.25) is 4.79 Å². The van der Waals surface area contributed by atoms with Gasteiger partial charge in [-0.1, -0.05) is 18.2 Å². The highest BCUT2D eigenvalue weighted by Crippen LogP contribution is 2.38. The molecule has 0 aliphatic carbocycles. The Kier molecular flexibility index (Phi) is 8.96. The van der Waals surface area contributed by atoms with Crippen molar-refractivity contribution >= 4 is 16.9 Å². The number of fused-ring (bicyclic) bond motifs is 1. The monoisotopic (exact) mass is 531 g/mol. The van der Waals surface area contributed by atoms with Crippen LogP contribution in [0.5, 0.6) is 23.0 Å².